The van der Waals surface area contributed by atoms with Crippen molar-refractivity contribution in [3.05, 3.63) is 70.7 Å². The molecule has 0 bridgehead atoms. The van der Waals surface area contributed by atoms with Crippen molar-refractivity contribution in [1.82, 2.24) is 16.0 Å². The van der Waals surface area contributed by atoms with Gasteiger partial charge in [-0.15, -0.1) is 0 Å². The zero-order valence-corrected chi connectivity index (χ0v) is 24.9. The van der Waals surface area contributed by atoms with E-state index in [0.29, 0.717) is 24.4 Å². The van der Waals surface area contributed by atoms with Crippen LogP contribution in [0.4, 0.5) is 4.79 Å². The largest absolute Gasteiger partial charge is 0.440 e. The van der Waals surface area contributed by atoms with Gasteiger partial charge in [-0.25, -0.2) is 4.79 Å². The fourth-order valence-electron chi connectivity index (χ4n) is 5.09. The Kier molecular flexibility index (Phi) is 11.5. The number of ketones is 1. The van der Waals surface area contributed by atoms with Gasteiger partial charge in [-0.05, 0) is 42.5 Å². The third-order valence-electron chi connectivity index (χ3n) is 7.57. The van der Waals surface area contributed by atoms with Crippen molar-refractivity contribution >= 4 is 41.2 Å². The van der Waals surface area contributed by atoms with Crippen molar-refractivity contribution in [2.45, 2.75) is 76.5 Å². The number of benzene rings is 2. The summed E-state index contributed by atoms with van der Waals surface area (Å²) in [5.41, 5.74) is 6.10. The topological polar surface area (TPSA) is 157 Å². The lowest BCUT2D eigenvalue weighted by Crippen LogP contribution is -2.54. The van der Waals surface area contributed by atoms with Gasteiger partial charge in [0, 0.05) is 22.9 Å². The molecule has 10 nitrogen and oxygen atoms in total. The summed E-state index contributed by atoms with van der Waals surface area (Å²) in [5.74, 6) is -3.71. The van der Waals surface area contributed by atoms with Gasteiger partial charge in [0.25, 0.3) is 5.91 Å². The summed E-state index contributed by atoms with van der Waals surface area (Å²) in [7, 11) is 0. The van der Waals surface area contributed by atoms with Crippen LogP contribution in [-0.4, -0.2) is 48.2 Å². The van der Waals surface area contributed by atoms with Crippen LogP contribution in [0.2, 0.25) is 5.02 Å². The number of amides is 4. The third kappa shape index (κ3) is 8.55. The number of halogens is 1. The highest BCUT2D eigenvalue weighted by Crippen LogP contribution is 2.40. The average molecular weight is 599 g/mol. The van der Waals surface area contributed by atoms with E-state index in [1.165, 1.54) is 0 Å². The van der Waals surface area contributed by atoms with Crippen molar-refractivity contribution in [2.24, 2.45) is 11.7 Å². The molecule has 1 aliphatic heterocycles. The van der Waals surface area contributed by atoms with Crippen LogP contribution in [-0.2, 0) is 29.3 Å². The molecule has 42 heavy (non-hydrogen) atoms. The van der Waals surface area contributed by atoms with Crippen LogP contribution in [0.5, 0.6) is 0 Å². The van der Waals surface area contributed by atoms with Crippen LogP contribution in [0.3, 0.4) is 0 Å². The summed E-state index contributed by atoms with van der Waals surface area (Å²) in [6.45, 7) is 6.24. The average Bonchev–Trinajstić information content (AvgIpc) is 3.37. The lowest BCUT2D eigenvalue weighted by molar-refractivity contribution is -0.139. The first-order valence-corrected chi connectivity index (χ1v) is 14.5. The van der Waals surface area contributed by atoms with E-state index in [0.717, 1.165) is 17.5 Å². The van der Waals surface area contributed by atoms with Gasteiger partial charge in [-0.3, -0.25) is 19.2 Å². The molecule has 2 aromatic rings. The van der Waals surface area contributed by atoms with E-state index in [1.807, 2.05) is 69.3 Å². The number of carbonyl (C=O) groups excluding carboxylic acids is 5. The predicted molar refractivity (Wildman–Crippen MR) is 158 cm³/mol. The van der Waals surface area contributed by atoms with Crippen molar-refractivity contribution in [3.8, 4) is 0 Å². The fraction of sp³-hybridized carbons (Fsp3) is 0.452. The van der Waals surface area contributed by atoms with Crippen molar-refractivity contribution in [2.75, 3.05) is 6.54 Å². The van der Waals surface area contributed by atoms with Crippen LogP contribution in [0.25, 0.3) is 0 Å². The van der Waals surface area contributed by atoms with Crippen molar-refractivity contribution < 1.29 is 28.7 Å². The Morgan fingerprint density at radius 2 is 1.79 bits per heavy atom. The second-order valence-corrected chi connectivity index (χ2v) is 11.5. The summed E-state index contributed by atoms with van der Waals surface area (Å²) < 4.78 is 6.00. The number of unbranched alkanes of at least 4 members (excludes halogenated alkanes) is 1. The number of primary amides is 1. The summed E-state index contributed by atoms with van der Waals surface area (Å²) in [6.07, 6.45) is 0.389. The minimum absolute atomic E-state index is 0.0752. The van der Waals surface area contributed by atoms with Crippen LogP contribution in [0, 0.1) is 5.92 Å². The highest BCUT2D eigenvalue weighted by atomic mass is 35.5. The van der Waals surface area contributed by atoms with Gasteiger partial charge in [0.1, 0.15) is 12.1 Å². The highest BCUT2D eigenvalue weighted by Gasteiger charge is 2.38. The molecule has 11 heteroatoms. The second kappa shape index (κ2) is 14.8. The smallest absolute Gasteiger partial charge is 0.408 e. The lowest BCUT2D eigenvalue weighted by atomic mass is 9.76. The first-order chi connectivity index (χ1) is 19.9. The Balaban J connectivity index is 1.82. The van der Waals surface area contributed by atoms with Crippen LogP contribution in [0.1, 0.15) is 70.1 Å². The Labute approximate surface area is 251 Å². The summed E-state index contributed by atoms with van der Waals surface area (Å²) in [4.78, 5) is 63.1. The first-order valence-electron chi connectivity index (χ1n) is 14.1. The number of carbonyl (C=O) groups is 5. The molecule has 0 spiro atoms. The highest BCUT2D eigenvalue weighted by molar-refractivity contribution is 6.38. The molecule has 0 aliphatic carbocycles. The van der Waals surface area contributed by atoms with Crippen LogP contribution < -0.4 is 21.7 Å². The lowest BCUT2D eigenvalue weighted by Gasteiger charge is -2.35. The number of Topliss-reactive ketones (excluding diaryl/α,β-unsaturated/α-hetero) is 1. The third-order valence-corrected chi connectivity index (χ3v) is 7.80. The molecule has 2 aromatic carbocycles. The van der Waals surface area contributed by atoms with E-state index in [9.17, 15) is 24.0 Å². The number of rotatable bonds is 14. The van der Waals surface area contributed by atoms with Gasteiger partial charge >= 0.3 is 6.09 Å². The molecule has 226 valence electrons. The quantitative estimate of drug-likeness (QED) is 0.243. The minimum Gasteiger partial charge on any atom is -0.440 e. The molecule has 5 N–H and O–H groups in total. The predicted octanol–water partition coefficient (Wildman–Crippen LogP) is 3.71. The van der Waals surface area contributed by atoms with E-state index in [4.69, 9.17) is 22.1 Å². The van der Waals surface area contributed by atoms with Crippen LogP contribution >= 0.6 is 11.6 Å². The maximum absolute atomic E-state index is 13.4. The zero-order valence-electron chi connectivity index (χ0n) is 24.2. The Morgan fingerprint density at radius 1 is 1.07 bits per heavy atom. The molecule has 3 rings (SSSR count). The van der Waals surface area contributed by atoms with Crippen LogP contribution in [0.15, 0.2) is 54.6 Å². The molecular weight excluding hydrogens is 560 g/mol. The van der Waals surface area contributed by atoms with E-state index >= 15 is 0 Å². The zero-order chi connectivity index (χ0) is 30.9. The molecule has 0 radical (unpaired) electrons. The number of hydrogen-bond donors (Lipinski definition) is 4. The molecule has 0 aromatic heterocycles. The summed E-state index contributed by atoms with van der Waals surface area (Å²) in [6, 6.07) is 14.2. The van der Waals surface area contributed by atoms with Gasteiger partial charge in [0.15, 0.2) is 0 Å². The maximum atomic E-state index is 13.4. The van der Waals surface area contributed by atoms with E-state index in [2.05, 4.69) is 16.0 Å². The molecule has 4 atom stereocenters. The number of nitrogens with two attached hydrogens (primary N) is 1. The molecule has 1 fully saturated rings. The van der Waals surface area contributed by atoms with E-state index < -0.39 is 53.2 Å². The Morgan fingerprint density at radius 3 is 2.38 bits per heavy atom. The van der Waals surface area contributed by atoms with Crippen molar-refractivity contribution in [3.63, 3.8) is 0 Å². The number of ether oxygens (including phenoxy) is 1. The summed E-state index contributed by atoms with van der Waals surface area (Å²) in [5, 5.41) is 8.43. The molecule has 1 saturated heterocycles. The first kappa shape index (κ1) is 32.6. The molecule has 1 heterocycles. The Hall–Kier alpha value is -3.92. The van der Waals surface area contributed by atoms with Crippen molar-refractivity contribution in [1.29, 1.82) is 0 Å². The number of hydrogen-bond acceptors (Lipinski definition) is 6. The molecule has 1 aliphatic rings. The second-order valence-electron chi connectivity index (χ2n) is 11.1. The SMILES string of the molecule is CCCC[C@H](NC(=O)OC(c1ccccc1)C(C)(C)c1cccc(Cl)c1)C(=O)N[C@@H](CC1CCNC1=O)C(=O)C(N)=O. The van der Waals surface area contributed by atoms with Gasteiger partial charge in [-0.2, -0.15) is 0 Å². The number of alkyl carbamates (subject to hydrolysis) is 1. The fourth-order valence-corrected chi connectivity index (χ4v) is 5.28. The minimum atomic E-state index is -1.30. The molecular formula is C31H39ClN4O6. The monoisotopic (exact) mass is 598 g/mol. The standard InChI is InChI=1S/C31H39ClN4O6/c1-4-5-14-23(29(40)35-24(25(37)27(33)38)17-20-15-16-34-28(20)39)36-30(41)42-26(19-10-7-6-8-11-19)31(2,3)21-12-9-13-22(32)18-21/h6-13,18,20,23-24,26H,4-5,14-17H2,1-3H3,(H2,33,38)(H,34,39)(H,35,40)(H,36,41)/t20?,23-,24-,26?/m0/s1. The maximum Gasteiger partial charge on any atom is 0.408 e. The Bertz CT molecular complexity index is 1290. The van der Waals surface area contributed by atoms with Gasteiger partial charge in [0.05, 0.1) is 6.04 Å². The molecule has 0 saturated carbocycles. The van der Waals surface area contributed by atoms with Gasteiger partial charge < -0.3 is 26.4 Å². The normalized spacial score (nSPS) is 17.0. The number of nitrogens with one attached hydrogen (secondary N) is 3. The van der Waals surface area contributed by atoms with Gasteiger partial charge in [-0.1, -0.05) is 87.7 Å². The van der Waals surface area contributed by atoms with E-state index in [-0.39, 0.29) is 18.7 Å². The van der Waals surface area contributed by atoms with E-state index in [1.54, 1.807) is 6.07 Å². The van der Waals surface area contributed by atoms with Gasteiger partial charge in [0.2, 0.25) is 17.6 Å². The summed E-state index contributed by atoms with van der Waals surface area (Å²) >= 11 is 6.26. The molecule has 2 unspecified atom stereocenters. The molecule has 4 amide bonds.